The summed E-state index contributed by atoms with van der Waals surface area (Å²) in [4.78, 5) is 0. The summed E-state index contributed by atoms with van der Waals surface area (Å²) in [7, 11) is 0. The zero-order chi connectivity index (χ0) is 13.6. The molecule has 1 unspecified atom stereocenters. The van der Waals surface area contributed by atoms with Crippen molar-refractivity contribution in [3.05, 3.63) is 11.6 Å². The maximum Gasteiger partial charge on any atom is 0.457 e. The smallest absolute Gasteiger partial charge is 0.220 e. The number of halogens is 10. The highest BCUT2D eigenvalue weighted by Gasteiger charge is 2.82. The molecule has 0 nitrogen and oxygen atoms in total. The van der Waals surface area contributed by atoms with Gasteiger partial charge in [-0.25, -0.2) is 4.39 Å². The molecule has 0 fully saturated rings. The average molecular weight is 281 g/mol. The van der Waals surface area contributed by atoms with Gasteiger partial charge in [0, 0.05) is 0 Å². The van der Waals surface area contributed by atoms with Gasteiger partial charge in [-0.05, 0) is 0 Å². The molecule has 0 aromatic rings. The first-order chi connectivity index (χ1) is 6.69. The minimum Gasteiger partial charge on any atom is -0.220 e. The number of hydrogen-bond acceptors (Lipinski definition) is 0. The molecule has 0 rings (SSSR count). The Hall–Kier alpha value is -0.600. The van der Waals surface area contributed by atoms with Gasteiger partial charge in [0.15, 0.2) is 0 Å². The Bertz CT molecular complexity index is 287. The Morgan fingerprint density at radius 3 is 1.12 bits per heavy atom. The molecule has 96 valence electrons. The standard InChI is InChI=1S/C6H2ClF9/c1-2(7)3(8,5(11,12)13)4(9,10)6(14,15)16/h1H2. The lowest BCUT2D eigenvalue weighted by molar-refractivity contribution is -0.370. The van der Waals surface area contributed by atoms with Crippen LogP contribution in [0.1, 0.15) is 0 Å². The predicted molar refractivity (Wildman–Crippen MR) is 35.9 cm³/mol. The van der Waals surface area contributed by atoms with Crippen LogP contribution in [0.2, 0.25) is 0 Å². The van der Waals surface area contributed by atoms with Gasteiger partial charge in [0.1, 0.15) is 0 Å². The fourth-order valence-corrected chi connectivity index (χ4v) is 0.923. The first-order valence-electron chi connectivity index (χ1n) is 3.24. The van der Waals surface area contributed by atoms with E-state index in [0.717, 1.165) is 0 Å². The fourth-order valence-electron chi connectivity index (χ4n) is 0.697. The van der Waals surface area contributed by atoms with Crippen molar-refractivity contribution in [1.29, 1.82) is 0 Å². The van der Waals surface area contributed by atoms with Crippen molar-refractivity contribution in [3.63, 3.8) is 0 Å². The maximum absolute atomic E-state index is 12.9. The van der Waals surface area contributed by atoms with Gasteiger partial charge in [-0.3, -0.25) is 0 Å². The molecule has 0 radical (unpaired) electrons. The molecule has 0 N–H and O–H groups in total. The van der Waals surface area contributed by atoms with Crippen molar-refractivity contribution in [3.8, 4) is 0 Å². The van der Waals surface area contributed by atoms with Gasteiger partial charge in [0.05, 0.1) is 5.03 Å². The second kappa shape index (κ2) is 3.71. The average Bonchev–Trinajstić information content (AvgIpc) is 1.97. The minimum atomic E-state index is -6.75. The molecule has 0 bridgehead atoms. The van der Waals surface area contributed by atoms with E-state index in [9.17, 15) is 39.5 Å². The van der Waals surface area contributed by atoms with Crippen LogP contribution in [0.4, 0.5) is 39.5 Å². The van der Waals surface area contributed by atoms with E-state index < -0.39 is 29.0 Å². The first kappa shape index (κ1) is 15.4. The Balaban J connectivity index is 5.85. The molecule has 0 saturated heterocycles. The van der Waals surface area contributed by atoms with Crippen molar-refractivity contribution in [2.24, 2.45) is 0 Å². The third-order valence-electron chi connectivity index (χ3n) is 1.55. The van der Waals surface area contributed by atoms with Crippen molar-refractivity contribution in [2.75, 3.05) is 0 Å². The predicted octanol–water partition coefficient (Wildman–Crippen LogP) is 4.21. The molecule has 0 spiro atoms. The molecule has 0 aromatic carbocycles. The molecular formula is C6H2ClF9. The lowest BCUT2D eigenvalue weighted by Crippen LogP contribution is -2.62. The molecule has 0 amide bonds. The Labute approximate surface area is 87.7 Å². The quantitative estimate of drug-likeness (QED) is 0.665. The molecule has 10 heteroatoms. The van der Waals surface area contributed by atoms with Gasteiger partial charge in [0.2, 0.25) is 0 Å². The van der Waals surface area contributed by atoms with Crippen molar-refractivity contribution in [1.82, 2.24) is 0 Å². The fraction of sp³-hybridized carbons (Fsp3) is 0.667. The monoisotopic (exact) mass is 280 g/mol. The second-order valence-corrected chi connectivity index (χ2v) is 3.09. The van der Waals surface area contributed by atoms with E-state index in [0.29, 0.717) is 0 Å². The molecule has 0 aliphatic heterocycles. The van der Waals surface area contributed by atoms with E-state index in [1.165, 1.54) is 0 Å². The van der Waals surface area contributed by atoms with Crippen LogP contribution in [0.3, 0.4) is 0 Å². The molecular weight excluding hydrogens is 279 g/mol. The Kier molecular flexibility index (Phi) is 3.57. The summed E-state index contributed by atoms with van der Waals surface area (Å²) >= 11 is 4.29. The van der Waals surface area contributed by atoms with Gasteiger partial charge >= 0.3 is 23.9 Å². The van der Waals surface area contributed by atoms with Crippen LogP contribution in [0.15, 0.2) is 11.6 Å². The van der Waals surface area contributed by atoms with Crippen molar-refractivity contribution < 1.29 is 39.5 Å². The highest BCUT2D eigenvalue weighted by atomic mass is 35.5. The number of alkyl halides is 9. The molecule has 0 aromatic heterocycles. The largest absolute Gasteiger partial charge is 0.457 e. The summed E-state index contributed by atoms with van der Waals surface area (Å²) in [6, 6.07) is 0. The zero-order valence-electron chi connectivity index (χ0n) is 6.99. The molecule has 0 heterocycles. The van der Waals surface area contributed by atoms with Crippen LogP contribution in [0, 0.1) is 0 Å². The number of hydrogen-bond donors (Lipinski definition) is 0. The van der Waals surface area contributed by atoms with E-state index >= 15 is 0 Å². The molecule has 16 heavy (non-hydrogen) atoms. The molecule has 0 saturated carbocycles. The molecule has 0 aliphatic carbocycles. The van der Waals surface area contributed by atoms with Crippen LogP contribution in [0.25, 0.3) is 0 Å². The third kappa shape index (κ3) is 1.96. The highest BCUT2D eigenvalue weighted by Crippen LogP contribution is 2.56. The van der Waals surface area contributed by atoms with Crippen LogP contribution in [0.5, 0.6) is 0 Å². The van der Waals surface area contributed by atoms with E-state index in [2.05, 4.69) is 11.6 Å². The summed E-state index contributed by atoms with van der Waals surface area (Å²) in [5.74, 6) is -6.73. The third-order valence-corrected chi connectivity index (χ3v) is 1.81. The van der Waals surface area contributed by atoms with Gasteiger partial charge in [-0.2, -0.15) is 35.1 Å². The van der Waals surface area contributed by atoms with E-state index in [1.54, 1.807) is 0 Å². The molecule has 0 aliphatic rings. The van der Waals surface area contributed by atoms with Crippen LogP contribution in [-0.2, 0) is 0 Å². The van der Waals surface area contributed by atoms with Gasteiger partial charge in [0.25, 0.3) is 0 Å². The van der Waals surface area contributed by atoms with Crippen molar-refractivity contribution >= 4 is 11.6 Å². The van der Waals surface area contributed by atoms with E-state index in [-0.39, 0.29) is 0 Å². The number of rotatable bonds is 2. The van der Waals surface area contributed by atoms with Gasteiger partial charge in [-0.15, -0.1) is 0 Å². The Morgan fingerprint density at radius 1 is 0.750 bits per heavy atom. The number of allylic oxidation sites excluding steroid dienone is 1. The maximum atomic E-state index is 12.9. The summed E-state index contributed by atoms with van der Waals surface area (Å²) in [5, 5.41) is -2.50. The van der Waals surface area contributed by atoms with Crippen LogP contribution < -0.4 is 0 Å². The summed E-state index contributed by atoms with van der Waals surface area (Å²) in [6.45, 7) is 1.96. The first-order valence-corrected chi connectivity index (χ1v) is 3.62. The SMILES string of the molecule is C=C(Cl)C(F)(C(F)(F)F)C(F)(F)C(F)(F)F. The summed E-state index contributed by atoms with van der Waals surface area (Å²) in [5.41, 5.74) is -6.07. The van der Waals surface area contributed by atoms with E-state index in [4.69, 9.17) is 0 Å². The van der Waals surface area contributed by atoms with Crippen LogP contribution >= 0.6 is 11.6 Å². The van der Waals surface area contributed by atoms with Crippen LogP contribution in [-0.4, -0.2) is 23.9 Å². The molecule has 1 atom stereocenters. The van der Waals surface area contributed by atoms with E-state index in [1.807, 2.05) is 6.58 Å². The highest BCUT2D eigenvalue weighted by molar-refractivity contribution is 6.30. The van der Waals surface area contributed by atoms with Crippen molar-refractivity contribution in [2.45, 2.75) is 23.9 Å². The normalized spacial score (nSPS) is 18.1. The lowest BCUT2D eigenvalue weighted by atomic mass is 9.96. The summed E-state index contributed by atoms with van der Waals surface area (Å²) < 4.78 is 108. The second-order valence-electron chi connectivity index (χ2n) is 2.63. The topological polar surface area (TPSA) is 0 Å². The Morgan fingerprint density at radius 2 is 1.06 bits per heavy atom. The summed E-state index contributed by atoms with van der Waals surface area (Å²) in [6.07, 6.45) is -13.3. The van der Waals surface area contributed by atoms with Gasteiger partial charge in [-0.1, -0.05) is 18.2 Å². The minimum absolute atomic E-state index is 1.96. The zero-order valence-corrected chi connectivity index (χ0v) is 7.74. The van der Waals surface area contributed by atoms with Gasteiger partial charge < -0.3 is 0 Å². The lowest BCUT2D eigenvalue weighted by Gasteiger charge is -2.35.